The predicted octanol–water partition coefficient (Wildman–Crippen LogP) is 1.13. The third-order valence-corrected chi connectivity index (χ3v) is 2.83. The lowest BCUT2D eigenvalue weighted by molar-refractivity contribution is -0.148. The smallest absolute Gasteiger partial charge is 0.318 e. The molecule has 0 fully saturated rings. The third kappa shape index (κ3) is 1.92. The van der Waals surface area contributed by atoms with E-state index in [0.29, 0.717) is 12.2 Å². The number of halogens is 1. The quantitative estimate of drug-likeness (QED) is 0.620. The van der Waals surface area contributed by atoms with Crippen molar-refractivity contribution < 1.29 is 14.3 Å². The van der Waals surface area contributed by atoms with Crippen LogP contribution in [0.1, 0.15) is 5.56 Å². The van der Waals surface area contributed by atoms with Gasteiger partial charge in [0.2, 0.25) is 5.91 Å². The number of ether oxygens (including phenoxy) is 1. The summed E-state index contributed by atoms with van der Waals surface area (Å²) in [5, 5.41) is 2.58. The summed E-state index contributed by atoms with van der Waals surface area (Å²) in [4.78, 5) is 27.0. The highest BCUT2D eigenvalue weighted by Gasteiger charge is 2.33. The van der Waals surface area contributed by atoms with E-state index >= 15 is 0 Å². The van der Waals surface area contributed by atoms with Crippen LogP contribution < -0.4 is 5.32 Å². The molecule has 5 nitrogen and oxygen atoms in total. The van der Waals surface area contributed by atoms with E-state index in [0.717, 1.165) is 10.0 Å². The van der Waals surface area contributed by atoms with Crippen molar-refractivity contribution in [3.8, 4) is 0 Å². The molecule has 1 amide bonds. The number of amides is 1. The van der Waals surface area contributed by atoms with Crippen molar-refractivity contribution in [2.24, 2.45) is 5.92 Å². The number of carbonyl (C=O) groups excluding carboxylic acids is 2. The second kappa shape index (κ2) is 4.21. The van der Waals surface area contributed by atoms with Crippen molar-refractivity contribution in [3.63, 3.8) is 0 Å². The maximum atomic E-state index is 11.6. The molecule has 6 heteroatoms. The number of fused-ring (bicyclic) bond motifs is 1. The molecule has 1 aromatic heterocycles. The zero-order valence-electron chi connectivity index (χ0n) is 8.49. The Kier molecular flexibility index (Phi) is 2.91. The Morgan fingerprint density at radius 3 is 3.12 bits per heavy atom. The van der Waals surface area contributed by atoms with Crippen molar-refractivity contribution in [2.45, 2.75) is 6.42 Å². The van der Waals surface area contributed by atoms with Crippen molar-refractivity contribution in [1.29, 1.82) is 0 Å². The zero-order chi connectivity index (χ0) is 11.7. The van der Waals surface area contributed by atoms with E-state index in [2.05, 4.69) is 31.0 Å². The third-order valence-electron chi connectivity index (χ3n) is 2.40. The first kappa shape index (κ1) is 11.1. The highest BCUT2D eigenvalue weighted by molar-refractivity contribution is 9.10. The minimum absolute atomic E-state index is 0.320. The Bertz CT molecular complexity index is 461. The molecular formula is C10H9BrN2O3. The second-order valence-corrected chi connectivity index (χ2v) is 4.35. The highest BCUT2D eigenvalue weighted by atomic mass is 79.9. The molecule has 0 spiro atoms. The number of hydrogen-bond acceptors (Lipinski definition) is 4. The number of esters is 1. The summed E-state index contributed by atoms with van der Waals surface area (Å²) in [6.07, 6.45) is 1.91. The molecule has 84 valence electrons. The molecule has 1 aliphatic rings. The average molecular weight is 285 g/mol. The molecule has 1 aliphatic heterocycles. The van der Waals surface area contributed by atoms with E-state index in [4.69, 9.17) is 0 Å². The van der Waals surface area contributed by atoms with Crippen LogP contribution in [0.5, 0.6) is 0 Å². The van der Waals surface area contributed by atoms with E-state index in [1.807, 2.05) is 6.07 Å². The van der Waals surface area contributed by atoms with Crippen LogP contribution in [0.4, 0.5) is 5.82 Å². The van der Waals surface area contributed by atoms with Gasteiger partial charge in [-0.05, 0) is 34.0 Å². The van der Waals surface area contributed by atoms with E-state index < -0.39 is 11.9 Å². The molecule has 2 heterocycles. The van der Waals surface area contributed by atoms with Crippen LogP contribution in [0, 0.1) is 5.92 Å². The highest BCUT2D eigenvalue weighted by Crippen LogP contribution is 2.26. The molecule has 0 saturated heterocycles. The van der Waals surface area contributed by atoms with Gasteiger partial charge in [0, 0.05) is 10.7 Å². The number of methoxy groups -OCH3 is 1. The Hall–Kier alpha value is -1.43. The molecule has 0 radical (unpaired) electrons. The van der Waals surface area contributed by atoms with Gasteiger partial charge in [0.15, 0.2) is 0 Å². The molecule has 0 unspecified atom stereocenters. The van der Waals surface area contributed by atoms with Gasteiger partial charge in [-0.15, -0.1) is 0 Å². The number of nitrogens with one attached hydrogen (secondary N) is 1. The molecule has 0 aromatic carbocycles. The van der Waals surface area contributed by atoms with Crippen molar-refractivity contribution >= 4 is 33.6 Å². The number of carbonyl (C=O) groups is 2. The molecule has 16 heavy (non-hydrogen) atoms. The Morgan fingerprint density at radius 2 is 2.44 bits per heavy atom. The summed E-state index contributed by atoms with van der Waals surface area (Å²) in [5.74, 6) is -1.17. The first-order chi connectivity index (χ1) is 7.61. The van der Waals surface area contributed by atoms with Crippen LogP contribution in [0.15, 0.2) is 16.7 Å². The van der Waals surface area contributed by atoms with E-state index in [1.54, 1.807) is 6.20 Å². The lowest BCUT2D eigenvalue weighted by Gasteiger charge is -2.21. The van der Waals surface area contributed by atoms with Gasteiger partial charge in [0.05, 0.1) is 7.11 Å². The molecule has 2 rings (SSSR count). The second-order valence-electron chi connectivity index (χ2n) is 3.43. The number of aromatic nitrogens is 1. The summed E-state index contributed by atoms with van der Waals surface area (Å²) in [6, 6.07) is 1.83. The topological polar surface area (TPSA) is 68.3 Å². The lowest BCUT2D eigenvalue weighted by Crippen LogP contribution is -2.36. The zero-order valence-corrected chi connectivity index (χ0v) is 10.1. The van der Waals surface area contributed by atoms with Crippen molar-refractivity contribution in [2.75, 3.05) is 12.4 Å². The van der Waals surface area contributed by atoms with Crippen LogP contribution in [0.25, 0.3) is 0 Å². The molecule has 0 aliphatic carbocycles. The van der Waals surface area contributed by atoms with Crippen LogP contribution in [-0.4, -0.2) is 24.0 Å². The normalized spacial score (nSPS) is 18.6. The number of anilines is 1. The number of nitrogens with zero attached hydrogens (tertiary/aromatic N) is 1. The van der Waals surface area contributed by atoms with E-state index in [9.17, 15) is 9.59 Å². The Labute approximate surface area is 100 Å². The maximum absolute atomic E-state index is 11.6. The van der Waals surface area contributed by atoms with Gasteiger partial charge in [-0.3, -0.25) is 9.59 Å². The number of hydrogen-bond donors (Lipinski definition) is 1. The number of rotatable bonds is 1. The summed E-state index contributed by atoms with van der Waals surface area (Å²) in [6.45, 7) is 0. The summed E-state index contributed by atoms with van der Waals surface area (Å²) >= 11 is 3.29. The van der Waals surface area contributed by atoms with Gasteiger partial charge >= 0.3 is 5.97 Å². The summed E-state index contributed by atoms with van der Waals surface area (Å²) in [7, 11) is 1.27. The van der Waals surface area contributed by atoms with Gasteiger partial charge in [0.1, 0.15) is 11.7 Å². The number of pyridine rings is 1. The fraction of sp³-hybridized carbons (Fsp3) is 0.300. The summed E-state index contributed by atoms with van der Waals surface area (Å²) < 4.78 is 5.38. The SMILES string of the molecule is COC(=O)[C@H]1Cc2cc(Br)cnc2NC1=O. The minimum atomic E-state index is -0.784. The molecule has 0 saturated carbocycles. The van der Waals surface area contributed by atoms with E-state index in [1.165, 1.54) is 7.11 Å². The largest absolute Gasteiger partial charge is 0.468 e. The fourth-order valence-electron chi connectivity index (χ4n) is 1.60. The first-order valence-electron chi connectivity index (χ1n) is 4.65. The summed E-state index contributed by atoms with van der Waals surface area (Å²) in [5.41, 5.74) is 0.823. The van der Waals surface area contributed by atoms with Crippen molar-refractivity contribution in [3.05, 3.63) is 22.3 Å². The Balaban J connectivity index is 2.33. The minimum Gasteiger partial charge on any atom is -0.468 e. The van der Waals surface area contributed by atoms with Crippen LogP contribution in [0.2, 0.25) is 0 Å². The van der Waals surface area contributed by atoms with Crippen LogP contribution >= 0.6 is 15.9 Å². The molecule has 1 N–H and O–H groups in total. The van der Waals surface area contributed by atoms with Gasteiger partial charge in [-0.25, -0.2) is 4.98 Å². The lowest BCUT2D eigenvalue weighted by atomic mass is 9.95. The van der Waals surface area contributed by atoms with Crippen molar-refractivity contribution in [1.82, 2.24) is 4.98 Å². The molecule has 0 bridgehead atoms. The van der Waals surface area contributed by atoms with Gasteiger partial charge < -0.3 is 10.1 Å². The van der Waals surface area contributed by atoms with Crippen LogP contribution in [-0.2, 0) is 20.7 Å². The van der Waals surface area contributed by atoms with Crippen LogP contribution in [0.3, 0.4) is 0 Å². The first-order valence-corrected chi connectivity index (χ1v) is 5.44. The molecule has 1 atom stereocenters. The molecular weight excluding hydrogens is 276 g/mol. The fourth-order valence-corrected chi connectivity index (χ4v) is 1.98. The average Bonchev–Trinajstić information content (AvgIpc) is 2.28. The molecule has 1 aromatic rings. The van der Waals surface area contributed by atoms with Gasteiger partial charge in [0.25, 0.3) is 0 Å². The van der Waals surface area contributed by atoms with Gasteiger partial charge in [-0.2, -0.15) is 0 Å². The van der Waals surface area contributed by atoms with Gasteiger partial charge in [-0.1, -0.05) is 0 Å². The monoisotopic (exact) mass is 284 g/mol. The Morgan fingerprint density at radius 1 is 1.69 bits per heavy atom. The van der Waals surface area contributed by atoms with E-state index in [-0.39, 0.29) is 5.91 Å². The maximum Gasteiger partial charge on any atom is 0.318 e. The predicted molar refractivity (Wildman–Crippen MR) is 59.8 cm³/mol. The standard InChI is InChI=1S/C10H9BrN2O3/c1-16-10(15)7-3-5-2-6(11)4-12-8(5)13-9(7)14/h2,4,7H,3H2,1H3,(H,12,13,14)/t7-/m0/s1.